The van der Waals surface area contributed by atoms with Crippen molar-refractivity contribution in [2.75, 3.05) is 5.73 Å². The number of halogens is 1. The third kappa shape index (κ3) is 2.40. The van der Waals surface area contributed by atoms with Crippen molar-refractivity contribution in [2.24, 2.45) is 0 Å². The van der Waals surface area contributed by atoms with Crippen LogP contribution in [-0.2, 0) is 0 Å². The van der Waals surface area contributed by atoms with Gasteiger partial charge in [0, 0.05) is 28.7 Å². The first-order valence-corrected chi connectivity index (χ1v) is 6.71. The molecule has 2 N–H and O–H groups in total. The van der Waals surface area contributed by atoms with Crippen LogP contribution in [0, 0.1) is 0 Å². The molecule has 2 aromatic carbocycles. The van der Waals surface area contributed by atoms with E-state index in [1.54, 1.807) is 12.5 Å². The molecule has 4 heteroatoms. The highest BCUT2D eigenvalue weighted by Gasteiger charge is 2.18. The first kappa shape index (κ1) is 12.8. The molecule has 0 amide bonds. The molecule has 3 nitrogen and oxygen atoms in total. The van der Waals surface area contributed by atoms with Crippen LogP contribution in [0.5, 0.6) is 0 Å². The quantitative estimate of drug-likeness (QED) is 0.744. The Labute approximate surface area is 122 Å². The van der Waals surface area contributed by atoms with Crippen molar-refractivity contribution in [2.45, 2.75) is 6.04 Å². The van der Waals surface area contributed by atoms with Gasteiger partial charge in [-0.15, -0.1) is 0 Å². The molecule has 0 saturated carbocycles. The molecule has 20 heavy (non-hydrogen) atoms. The van der Waals surface area contributed by atoms with Gasteiger partial charge in [-0.25, -0.2) is 4.98 Å². The summed E-state index contributed by atoms with van der Waals surface area (Å²) in [4.78, 5) is 4.13. The van der Waals surface area contributed by atoms with Crippen molar-refractivity contribution in [1.29, 1.82) is 0 Å². The maximum Gasteiger partial charge on any atom is 0.0954 e. The van der Waals surface area contributed by atoms with Gasteiger partial charge in [-0.05, 0) is 23.8 Å². The summed E-state index contributed by atoms with van der Waals surface area (Å²) in [6, 6.07) is 15.7. The van der Waals surface area contributed by atoms with Crippen LogP contribution < -0.4 is 5.73 Å². The summed E-state index contributed by atoms with van der Waals surface area (Å²) < 4.78 is 2.02. The van der Waals surface area contributed by atoms with Crippen LogP contribution >= 0.6 is 11.6 Å². The number of anilines is 1. The molecular weight excluding hydrogens is 270 g/mol. The molecule has 3 rings (SSSR count). The summed E-state index contributed by atoms with van der Waals surface area (Å²) in [5.41, 5.74) is 8.72. The molecule has 0 aliphatic heterocycles. The lowest BCUT2D eigenvalue weighted by molar-refractivity contribution is 0.677. The molecule has 1 atom stereocenters. The van der Waals surface area contributed by atoms with E-state index in [-0.39, 0.29) is 6.04 Å². The van der Waals surface area contributed by atoms with Crippen molar-refractivity contribution >= 4 is 17.3 Å². The normalized spacial score (nSPS) is 12.2. The topological polar surface area (TPSA) is 43.8 Å². The number of aromatic nitrogens is 2. The van der Waals surface area contributed by atoms with E-state index in [1.165, 1.54) is 0 Å². The SMILES string of the molecule is Nc1ccc(Cl)c(C(c2ccccc2)n2ccnc2)c1. The lowest BCUT2D eigenvalue weighted by Gasteiger charge is -2.21. The standard InChI is InChI=1S/C16H14ClN3/c17-15-7-6-13(18)10-14(15)16(20-9-8-19-11-20)12-4-2-1-3-5-12/h1-11,16H,18H2. The Hall–Kier alpha value is -2.26. The van der Waals surface area contributed by atoms with E-state index in [1.807, 2.05) is 47.2 Å². The Morgan fingerprint density at radius 1 is 1.10 bits per heavy atom. The largest absolute Gasteiger partial charge is 0.399 e. The number of nitrogen functional groups attached to an aromatic ring is 1. The molecule has 0 spiro atoms. The van der Waals surface area contributed by atoms with Gasteiger partial charge in [-0.1, -0.05) is 41.9 Å². The minimum absolute atomic E-state index is 0.0327. The molecule has 0 radical (unpaired) electrons. The van der Waals surface area contributed by atoms with E-state index >= 15 is 0 Å². The van der Waals surface area contributed by atoms with Gasteiger partial charge in [0.15, 0.2) is 0 Å². The lowest BCUT2D eigenvalue weighted by Crippen LogP contribution is -2.11. The molecule has 1 unspecified atom stereocenters. The molecular formula is C16H14ClN3. The Bertz CT molecular complexity index is 693. The van der Waals surface area contributed by atoms with Crippen LogP contribution in [0.15, 0.2) is 67.3 Å². The van der Waals surface area contributed by atoms with E-state index < -0.39 is 0 Å². The van der Waals surface area contributed by atoms with Crippen LogP contribution in [0.3, 0.4) is 0 Å². The highest BCUT2D eigenvalue weighted by Crippen LogP contribution is 2.32. The maximum atomic E-state index is 6.37. The molecule has 0 saturated heterocycles. The Morgan fingerprint density at radius 3 is 2.60 bits per heavy atom. The molecule has 3 aromatic rings. The number of benzene rings is 2. The molecule has 100 valence electrons. The Kier molecular flexibility index (Phi) is 3.44. The predicted molar refractivity (Wildman–Crippen MR) is 81.8 cm³/mol. The minimum Gasteiger partial charge on any atom is -0.399 e. The van der Waals surface area contributed by atoms with Crippen molar-refractivity contribution < 1.29 is 0 Å². The number of rotatable bonds is 3. The summed E-state index contributed by atoms with van der Waals surface area (Å²) in [7, 11) is 0. The minimum atomic E-state index is -0.0327. The first-order chi connectivity index (χ1) is 9.75. The number of imidazole rings is 1. The fraction of sp³-hybridized carbons (Fsp3) is 0.0625. The van der Waals surface area contributed by atoms with E-state index in [4.69, 9.17) is 17.3 Å². The van der Waals surface area contributed by atoms with Gasteiger partial charge < -0.3 is 10.3 Å². The van der Waals surface area contributed by atoms with Crippen LogP contribution in [0.2, 0.25) is 5.02 Å². The molecule has 0 aliphatic rings. The van der Waals surface area contributed by atoms with Gasteiger partial charge in [0.25, 0.3) is 0 Å². The van der Waals surface area contributed by atoms with E-state index in [9.17, 15) is 0 Å². The fourth-order valence-electron chi connectivity index (χ4n) is 2.34. The number of nitrogens with two attached hydrogens (primary N) is 1. The van der Waals surface area contributed by atoms with Gasteiger partial charge >= 0.3 is 0 Å². The third-order valence-corrected chi connectivity index (χ3v) is 3.60. The fourth-order valence-corrected chi connectivity index (χ4v) is 2.56. The second kappa shape index (κ2) is 5.39. The number of nitrogens with zero attached hydrogens (tertiary/aromatic N) is 2. The molecule has 0 fully saturated rings. The second-order valence-corrected chi connectivity index (χ2v) is 5.01. The van der Waals surface area contributed by atoms with E-state index in [2.05, 4.69) is 17.1 Å². The monoisotopic (exact) mass is 283 g/mol. The first-order valence-electron chi connectivity index (χ1n) is 6.33. The van der Waals surface area contributed by atoms with Crippen LogP contribution in [0.4, 0.5) is 5.69 Å². The van der Waals surface area contributed by atoms with Crippen molar-refractivity contribution in [3.8, 4) is 0 Å². The highest BCUT2D eigenvalue weighted by molar-refractivity contribution is 6.31. The van der Waals surface area contributed by atoms with E-state index in [0.717, 1.165) is 11.1 Å². The van der Waals surface area contributed by atoms with Gasteiger partial charge in [-0.2, -0.15) is 0 Å². The lowest BCUT2D eigenvalue weighted by atomic mass is 9.98. The summed E-state index contributed by atoms with van der Waals surface area (Å²) in [5, 5.41) is 0.696. The molecule has 0 aliphatic carbocycles. The maximum absolute atomic E-state index is 6.37. The van der Waals surface area contributed by atoms with Crippen LogP contribution in [0.1, 0.15) is 17.2 Å². The average Bonchev–Trinajstić information content (AvgIpc) is 2.98. The second-order valence-electron chi connectivity index (χ2n) is 4.60. The molecule has 0 bridgehead atoms. The van der Waals surface area contributed by atoms with Gasteiger partial charge in [0.05, 0.1) is 12.4 Å². The predicted octanol–water partition coefficient (Wildman–Crippen LogP) is 3.76. The summed E-state index contributed by atoms with van der Waals surface area (Å²) >= 11 is 6.37. The van der Waals surface area contributed by atoms with Gasteiger partial charge in [-0.3, -0.25) is 0 Å². The van der Waals surface area contributed by atoms with Crippen LogP contribution in [0.25, 0.3) is 0 Å². The van der Waals surface area contributed by atoms with Crippen molar-refractivity contribution in [1.82, 2.24) is 9.55 Å². The number of hydrogen-bond donors (Lipinski definition) is 1. The summed E-state index contributed by atoms with van der Waals surface area (Å²) in [6.45, 7) is 0. The summed E-state index contributed by atoms with van der Waals surface area (Å²) in [5.74, 6) is 0. The highest BCUT2D eigenvalue weighted by atomic mass is 35.5. The number of hydrogen-bond acceptors (Lipinski definition) is 2. The molecule has 1 heterocycles. The van der Waals surface area contributed by atoms with Crippen molar-refractivity contribution in [3.63, 3.8) is 0 Å². The third-order valence-electron chi connectivity index (χ3n) is 3.25. The van der Waals surface area contributed by atoms with E-state index in [0.29, 0.717) is 10.7 Å². The smallest absolute Gasteiger partial charge is 0.0954 e. The zero-order valence-electron chi connectivity index (χ0n) is 10.8. The van der Waals surface area contributed by atoms with Gasteiger partial charge in [0.1, 0.15) is 0 Å². The van der Waals surface area contributed by atoms with Crippen molar-refractivity contribution in [3.05, 3.63) is 83.4 Å². The van der Waals surface area contributed by atoms with Gasteiger partial charge in [0.2, 0.25) is 0 Å². The summed E-state index contributed by atoms with van der Waals surface area (Å²) in [6.07, 6.45) is 5.48. The zero-order valence-corrected chi connectivity index (χ0v) is 11.5. The Balaban J connectivity index is 2.18. The zero-order chi connectivity index (χ0) is 13.9. The average molecular weight is 284 g/mol. The molecule has 1 aromatic heterocycles. The van der Waals surface area contributed by atoms with Crippen LogP contribution in [-0.4, -0.2) is 9.55 Å². The Morgan fingerprint density at radius 2 is 1.90 bits per heavy atom.